The van der Waals surface area contributed by atoms with Crippen molar-refractivity contribution in [2.75, 3.05) is 7.11 Å². The maximum atomic E-state index is 13.2. The van der Waals surface area contributed by atoms with E-state index in [9.17, 15) is 9.59 Å². The van der Waals surface area contributed by atoms with Gasteiger partial charge >= 0.3 is 5.97 Å². The van der Waals surface area contributed by atoms with E-state index in [1.807, 2.05) is 54.6 Å². The van der Waals surface area contributed by atoms with E-state index in [4.69, 9.17) is 21.1 Å². The van der Waals surface area contributed by atoms with Gasteiger partial charge in [0.25, 0.3) is 5.91 Å². The number of amides is 1. The van der Waals surface area contributed by atoms with Gasteiger partial charge in [0.1, 0.15) is 11.5 Å². The summed E-state index contributed by atoms with van der Waals surface area (Å²) >= 11 is 6.23. The van der Waals surface area contributed by atoms with Crippen molar-refractivity contribution in [3.05, 3.63) is 101 Å². The monoisotopic (exact) mass is 474 g/mol. The number of benzene rings is 3. The van der Waals surface area contributed by atoms with Crippen LogP contribution in [0.2, 0.25) is 5.02 Å². The molecule has 1 atom stereocenters. The molecule has 34 heavy (non-hydrogen) atoms. The van der Waals surface area contributed by atoms with Gasteiger partial charge < -0.3 is 9.47 Å². The first-order chi connectivity index (χ1) is 16.4. The molecule has 6 nitrogen and oxygen atoms in total. The lowest BCUT2D eigenvalue weighted by Gasteiger charge is -2.21. The number of esters is 1. The van der Waals surface area contributed by atoms with Crippen LogP contribution in [0.3, 0.4) is 0 Å². The highest BCUT2D eigenvalue weighted by atomic mass is 35.5. The van der Waals surface area contributed by atoms with Crippen LogP contribution in [0.5, 0.6) is 11.5 Å². The number of hydrogen-bond donors (Lipinski definition) is 0. The molecule has 4 rings (SSSR count). The minimum atomic E-state index is -0.451. The molecule has 3 aromatic rings. The second-order valence-corrected chi connectivity index (χ2v) is 8.14. The molecule has 0 radical (unpaired) electrons. The second kappa shape index (κ2) is 10.4. The van der Waals surface area contributed by atoms with Gasteiger partial charge in [0.2, 0.25) is 0 Å². The molecule has 0 N–H and O–H groups in total. The molecule has 3 aromatic carbocycles. The first kappa shape index (κ1) is 23.3. The third-order valence-corrected chi connectivity index (χ3v) is 5.60. The third-order valence-electron chi connectivity index (χ3n) is 5.36. The summed E-state index contributed by atoms with van der Waals surface area (Å²) in [4.78, 5) is 24.9. The van der Waals surface area contributed by atoms with Gasteiger partial charge in [-0.15, -0.1) is 0 Å². The molecule has 0 aromatic heterocycles. The molecule has 1 heterocycles. The minimum absolute atomic E-state index is 0.268. The Kier molecular flexibility index (Phi) is 7.09. The summed E-state index contributed by atoms with van der Waals surface area (Å²) in [6.07, 6.45) is 3.68. The summed E-state index contributed by atoms with van der Waals surface area (Å²) in [5, 5.41) is 6.58. The zero-order valence-corrected chi connectivity index (χ0v) is 19.5. The number of carbonyl (C=O) groups excluding carboxylic acids is 2. The predicted octanol–water partition coefficient (Wildman–Crippen LogP) is 5.67. The van der Waals surface area contributed by atoms with Crippen LogP contribution in [0.4, 0.5) is 0 Å². The number of hydrazone groups is 1. The molecule has 0 spiro atoms. The molecule has 0 bridgehead atoms. The van der Waals surface area contributed by atoms with E-state index >= 15 is 0 Å². The molecular weight excluding hydrogens is 452 g/mol. The highest BCUT2D eigenvalue weighted by Crippen LogP contribution is 2.36. The number of nitrogens with zero attached hydrogens (tertiary/aromatic N) is 2. The van der Waals surface area contributed by atoms with Gasteiger partial charge in [-0.05, 0) is 47.5 Å². The summed E-state index contributed by atoms with van der Waals surface area (Å²) in [6.45, 7) is 1.33. The van der Waals surface area contributed by atoms with Gasteiger partial charge in [0, 0.05) is 30.0 Å². The minimum Gasteiger partial charge on any atom is -0.497 e. The van der Waals surface area contributed by atoms with Crippen molar-refractivity contribution < 1.29 is 19.1 Å². The molecule has 1 aliphatic rings. The van der Waals surface area contributed by atoms with Crippen LogP contribution in [0, 0.1) is 0 Å². The van der Waals surface area contributed by atoms with Crippen molar-refractivity contribution in [2.24, 2.45) is 5.10 Å². The van der Waals surface area contributed by atoms with Crippen LogP contribution in [0.25, 0.3) is 6.08 Å². The molecule has 0 saturated carbocycles. The van der Waals surface area contributed by atoms with Crippen LogP contribution in [-0.2, 0) is 9.59 Å². The Balaban J connectivity index is 1.71. The van der Waals surface area contributed by atoms with E-state index in [0.717, 1.165) is 16.9 Å². The summed E-state index contributed by atoms with van der Waals surface area (Å²) in [7, 11) is 1.60. The van der Waals surface area contributed by atoms with Crippen molar-refractivity contribution in [3.8, 4) is 11.5 Å². The van der Waals surface area contributed by atoms with Gasteiger partial charge in [-0.3, -0.25) is 9.59 Å². The fourth-order valence-electron chi connectivity index (χ4n) is 3.74. The fourth-order valence-corrected chi connectivity index (χ4v) is 3.91. The van der Waals surface area contributed by atoms with E-state index < -0.39 is 5.97 Å². The van der Waals surface area contributed by atoms with Crippen molar-refractivity contribution in [3.63, 3.8) is 0 Å². The normalized spacial score (nSPS) is 15.3. The molecule has 172 valence electrons. The molecule has 0 unspecified atom stereocenters. The average Bonchev–Trinajstić information content (AvgIpc) is 3.29. The van der Waals surface area contributed by atoms with Crippen LogP contribution < -0.4 is 9.47 Å². The molecule has 0 saturated heterocycles. The van der Waals surface area contributed by atoms with Gasteiger partial charge in [-0.1, -0.05) is 54.1 Å². The Labute approximate surface area is 203 Å². The number of hydrogen-bond acceptors (Lipinski definition) is 5. The maximum Gasteiger partial charge on any atom is 0.308 e. The largest absolute Gasteiger partial charge is 0.497 e. The van der Waals surface area contributed by atoms with Gasteiger partial charge in [0.05, 0.1) is 18.9 Å². The summed E-state index contributed by atoms with van der Waals surface area (Å²) in [5.41, 5.74) is 2.98. The summed E-state index contributed by atoms with van der Waals surface area (Å²) < 4.78 is 10.6. The zero-order chi connectivity index (χ0) is 24.1. The lowest BCUT2D eigenvalue weighted by atomic mass is 9.97. The quantitative estimate of drug-likeness (QED) is 0.262. The van der Waals surface area contributed by atoms with Crippen molar-refractivity contribution in [1.29, 1.82) is 0 Å². The van der Waals surface area contributed by atoms with Crippen molar-refractivity contribution in [1.82, 2.24) is 5.01 Å². The van der Waals surface area contributed by atoms with Gasteiger partial charge in [-0.25, -0.2) is 5.01 Å². The SMILES string of the molecule is COc1ccc([C@@H]2CC(c3cc(Cl)ccc3OC(C)=O)=NN2C(=O)/C=C/c2ccccc2)cc1. The van der Waals surface area contributed by atoms with Crippen LogP contribution in [0.1, 0.15) is 36.1 Å². The Morgan fingerprint density at radius 1 is 1.06 bits per heavy atom. The maximum absolute atomic E-state index is 13.2. The first-order valence-electron chi connectivity index (χ1n) is 10.7. The number of rotatable bonds is 6. The summed E-state index contributed by atoms with van der Waals surface area (Å²) in [5.74, 6) is 0.346. The van der Waals surface area contributed by atoms with Crippen molar-refractivity contribution in [2.45, 2.75) is 19.4 Å². The lowest BCUT2D eigenvalue weighted by molar-refractivity contribution is -0.132. The van der Waals surface area contributed by atoms with E-state index in [0.29, 0.717) is 28.5 Å². The molecule has 1 aliphatic heterocycles. The Morgan fingerprint density at radius 3 is 2.47 bits per heavy atom. The first-order valence-corrected chi connectivity index (χ1v) is 11.1. The fraction of sp³-hybridized carbons (Fsp3) is 0.148. The predicted molar refractivity (Wildman–Crippen MR) is 132 cm³/mol. The highest BCUT2D eigenvalue weighted by molar-refractivity contribution is 6.31. The number of halogens is 1. The molecule has 0 fully saturated rings. The van der Waals surface area contributed by atoms with E-state index in [2.05, 4.69) is 5.10 Å². The number of methoxy groups -OCH3 is 1. The molecular formula is C27H23ClN2O4. The third kappa shape index (κ3) is 5.35. The smallest absolute Gasteiger partial charge is 0.308 e. The molecule has 7 heteroatoms. The Morgan fingerprint density at radius 2 is 1.79 bits per heavy atom. The molecule has 1 amide bonds. The molecule has 0 aliphatic carbocycles. The van der Waals surface area contributed by atoms with Gasteiger partial charge in [-0.2, -0.15) is 5.10 Å². The highest BCUT2D eigenvalue weighted by Gasteiger charge is 2.33. The van der Waals surface area contributed by atoms with Crippen LogP contribution in [0.15, 0.2) is 84.0 Å². The standard InChI is InChI=1S/C27H23ClN2O4/c1-18(31)34-26-14-11-21(28)16-23(26)24-17-25(20-9-12-22(33-2)13-10-20)30(29-24)27(32)15-8-19-6-4-3-5-7-19/h3-16,25H,17H2,1-2H3/b15-8+/t25-/m0/s1. The summed E-state index contributed by atoms with van der Waals surface area (Å²) in [6, 6.07) is 21.7. The average molecular weight is 475 g/mol. The lowest BCUT2D eigenvalue weighted by Crippen LogP contribution is -2.25. The van der Waals surface area contributed by atoms with E-state index in [-0.39, 0.29) is 11.9 Å². The van der Waals surface area contributed by atoms with Crippen LogP contribution >= 0.6 is 11.6 Å². The second-order valence-electron chi connectivity index (χ2n) is 7.70. The number of carbonyl (C=O) groups is 2. The topological polar surface area (TPSA) is 68.2 Å². The van der Waals surface area contributed by atoms with Gasteiger partial charge in [0.15, 0.2) is 0 Å². The van der Waals surface area contributed by atoms with E-state index in [1.165, 1.54) is 18.0 Å². The Hall–Kier alpha value is -3.90. The van der Waals surface area contributed by atoms with Crippen molar-refractivity contribution >= 4 is 35.3 Å². The van der Waals surface area contributed by atoms with Crippen LogP contribution in [-0.4, -0.2) is 29.7 Å². The zero-order valence-electron chi connectivity index (χ0n) is 18.8. The van der Waals surface area contributed by atoms with E-state index in [1.54, 1.807) is 31.4 Å². The number of ether oxygens (including phenoxy) is 2. The Bertz CT molecular complexity index is 1250.